The van der Waals surface area contributed by atoms with Crippen LogP contribution < -0.4 is 9.47 Å². The lowest BCUT2D eigenvalue weighted by Gasteiger charge is -2.20. The maximum atomic E-state index is 12.9. The van der Waals surface area contributed by atoms with E-state index in [-0.39, 0.29) is 39.6 Å². The Balaban J connectivity index is 1.94. The van der Waals surface area contributed by atoms with E-state index in [1.807, 2.05) is 0 Å². The van der Waals surface area contributed by atoms with Gasteiger partial charge in [0.25, 0.3) is 0 Å². The van der Waals surface area contributed by atoms with E-state index < -0.39 is 18.2 Å². The highest BCUT2D eigenvalue weighted by Crippen LogP contribution is 2.32. The summed E-state index contributed by atoms with van der Waals surface area (Å²) in [6, 6.07) is 8.94. The zero-order chi connectivity index (χ0) is 20.4. The van der Waals surface area contributed by atoms with Gasteiger partial charge in [0, 0.05) is 22.3 Å². The molecule has 1 aliphatic carbocycles. The van der Waals surface area contributed by atoms with Gasteiger partial charge >= 0.3 is 5.97 Å². The van der Waals surface area contributed by atoms with Gasteiger partial charge in [0.1, 0.15) is 11.5 Å². The van der Waals surface area contributed by atoms with Gasteiger partial charge in [-0.15, -0.1) is 0 Å². The Labute approximate surface area is 161 Å². The van der Waals surface area contributed by atoms with E-state index in [0.717, 1.165) is 0 Å². The van der Waals surface area contributed by atoms with Gasteiger partial charge in [-0.2, -0.15) is 0 Å². The number of carbonyl (C=O) groups is 4. The van der Waals surface area contributed by atoms with Crippen molar-refractivity contribution in [3.05, 3.63) is 58.7 Å². The van der Waals surface area contributed by atoms with Gasteiger partial charge in [-0.25, -0.2) is 4.79 Å². The first-order valence-corrected chi connectivity index (χ1v) is 8.59. The minimum absolute atomic E-state index is 0.196. The van der Waals surface area contributed by atoms with Crippen molar-refractivity contribution in [3.8, 4) is 11.5 Å². The third-order valence-corrected chi connectivity index (χ3v) is 4.32. The molecule has 0 radical (unpaired) electrons. The maximum absolute atomic E-state index is 12.9. The standard InChI is InChI=1S/C21H18O7/c1-11(10-22)27-13-4-6-15-17(8-13)19(23)16-7-5-14(9-18(16)20(15)24)28-12(2)21(25)26-3/h4-12H,1-3H3. The molecule has 0 heterocycles. The Hall–Kier alpha value is -3.48. The number of rotatable bonds is 6. The van der Waals surface area contributed by atoms with Crippen molar-refractivity contribution < 1.29 is 33.4 Å². The fourth-order valence-electron chi connectivity index (χ4n) is 2.92. The molecule has 2 atom stereocenters. The number of hydrogen-bond donors (Lipinski definition) is 0. The number of fused-ring (bicyclic) bond motifs is 2. The van der Waals surface area contributed by atoms with Crippen molar-refractivity contribution in [1.29, 1.82) is 0 Å². The molecule has 0 spiro atoms. The third-order valence-electron chi connectivity index (χ3n) is 4.32. The Morgan fingerprint density at radius 1 is 0.857 bits per heavy atom. The first-order valence-electron chi connectivity index (χ1n) is 8.59. The highest BCUT2D eigenvalue weighted by molar-refractivity contribution is 6.28. The van der Waals surface area contributed by atoms with E-state index in [1.165, 1.54) is 50.4 Å². The molecular weight excluding hydrogens is 364 g/mol. The fraction of sp³-hybridized carbons (Fsp3) is 0.238. The summed E-state index contributed by atoms with van der Waals surface area (Å²) in [5, 5.41) is 0. The highest BCUT2D eigenvalue weighted by atomic mass is 16.6. The van der Waals surface area contributed by atoms with E-state index in [2.05, 4.69) is 4.74 Å². The molecule has 0 N–H and O–H groups in total. The van der Waals surface area contributed by atoms with Crippen LogP contribution in [0, 0.1) is 0 Å². The molecule has 7 nitrogen and oxygen atoms in total. The molecule has 0 aliphatic heterocycles. The molecule has 2 aromatic rings. The Morgan fingerprint density at radius 2 is 1.36 bits per heavy atom. The van der Waals surface area contributed by atoms with Gasteiger partial charge in [-0.3, -0.25) is 14.4 Å². The number of benzene rings is 2. The molecule has 2 unspecified atom stereocenters. The summed E-state index contributed by atoms with van der Waals surface area (Å²) < 4.78 is 15.5. The van der Waals surface area contributed by atoms with Crippen molar-refractivity contribution in [2.24, 2.45) is 0 Å². The van der Waals surface area contributed by atoms with Crippen LogP contribution in [0.2, 0.25) is 0 Å². The summed E-state index contributed by atoms with van der Waals surface area (Å²) in [6.07, 6.45) is -0.890. The Bertz CT molecular complexity index is 977. The number of hydrogen-bond acceptors (Lipinski definition) is 7. The number of aldehydes is 1. The molecule has 0 aromatic heterocycles. The summed E-state index contributed by atoms with van der Waals surface area (Å²) >= 11 is 0. The Kier molecular flexibility index (Phi) is 5.26. The van der Waals surface area contributed by atoms with E-state index >= 15 is 0 Å². The largest absolute Gasteiger partial charge is 0.483 e. The van der Waals surface area contributed by atoms with Gasteiger partial charge in [0.2, 0.25) is 0 Å². The number of carbonyl (C=O) groups excluding carboxylic acids is 4. The maximum Gasteiger partial charge on any atom is 0.346 e. The molecule has 0 fully saturated rings. The topological polar surface area (TPSA) is 96.0 Å². The average Bonchev–Trinajstić information content (AvgIpc) is 2.71. The molecular formula is C21H18O7. The van der Waals surface area contributed by atoms with Gasteiger partial charge in [-0.05, 0) is 50.2 Å². The average molecular weight is 382 g/mol. The van der Waals surface area contributed by atoms with Gasteiger partial charge in [0.15, 0.2) is 30.1 Å². The monoisotopic (exact) mass is 382 g/mol. The van der Waals surface area contributed by atoms with E-state index in [0.29, 0.717) is 12.0 Å². The molecule has 0 saturated heterocycles. The second kappa shape index (κ2) is 7.64. The van der Waals surface area contributed by atoms with Gasteiger partial charge in [-0.1, -0.05) is 0 Å². The lowest BCUT2D eigenvalue weighted by molar-refractivity contribution is -0.147. The molecule has 2 aromatic carbocycles. The zero-order valence-electron chi connectivity index (χ0n) is 15.6. The molecule has 144 valence electrons. The van der Waals surface area contributed by atoms with Crippen molar-refractivity contribution in [1.82, 2.24) is 0 Å². The van der Waals surface area contributed by atoms with Crippen LogP contribution in [0.4, 0.5) is 0 Å². The summed E-state index contributed by atoms with van der Waals surface area (Å²) in [5.41, 5.74) is 0.879. The molecule has 0 amide bonds. The SMILES string of the molecule is COC(=O)C(C)Oc1ccc2c(c1)C(=O)c1ccc(OC(C)C=O)cc1C2=O. The highest BCUT2D eigenvalue weighted by Gasteiger charge is 2.31. The number of ether oxygens (including phenoxy) is 3. The summed E-state index contributed by atoms with van der Waals surface area (Å²) in [6.45, 7) is 3.10. The predicted molar refractivity (Wildman–Crippen MR) is 98.0 cm³/mol. The van der Waals surface area contributed by atoms with Gasteiger partial charge in [0.05, 0.1) is 7.11 Å². The second-order valence-electron chi connectivity index (χ2n) is 6.32. The van der Waals surface area contributed by atoms with Gasteiger partial charge < -0.3 is 14.2 Å². The first kappa shape index (κ1) is 19.3. The fourth-order valence-corrected chi connectivity index (χ4v) is 2.92. The van der Waals surface area contributed by atoms with Crippen molar-refractivity contribution >= 4 is 23.8 Å². The van der Waals surface area contributed by atoms with Crippen LogP contribution >= 0.6 is 0 Å². The van der Waals surface area contributed by atoms with E-state index in [9.17, 15) is 19.2 Å². The van der Waals surface area contributed by atoms with Crippen molar-refractivity contribution in [2.45, 2.75) is 26.1 Å². The first-order chi connectivity index (χ1) is 13.3. The number of ketones is 2. The van der Waals surface area contributed by atoms with E-state index in [1.54, 1.807) is 6.92 Å². The lowest BCUT2D eigenvalue weighted by Crippen LogP contribution is -2.25. The molecule has 3 rings (SSSR count). The van der Waals surface area contributed by atoms with Crippen LogP contribution in [0.3, 0.4) is 0 Å². The van der Waals surface area contributed by atoms with Crippen LogP contribution in [0.5, 0.6) is 11.5 Å². The molecule has 0 saturated carbocycles. The number of esters is 1. The Morgan fingerprint density at radius 3 is 1.82 bits per heavy atom. The zero-order valence-corrected chi connectivity index (χ0v) is 15.6. The van der Waals surface area contributed by atoms with Crippen LogP contribution in [0.1, 0.15) is 45.7 Å². The molecule has 28 heavy (non-hydrogen) atoms. The lowest BCUT2D eigenvalue weighted by atomic mass is 9.84. The normalized spacial score (nSPS) is 14.4. The molecule has 0 bridgehead atoms. The van der Waals surface area contributed by atoms with Crippen molar-refractivity contribution in [3.63, 3.8) is 0 Å². The van der Waals surface area contributed by atoms with Crippen LogP contribution in [0.15, 0.2) is 36.4 Å². The molecule has 1 aliphatic rings. The summed E-state index contributed by atoms with van der Waals surface area (Å²) in [5.74, 6) is -0.615. The van der Waals surface area contributed by atoms with Crippen LogP contribution in [0.25, 0.3) is 0 Å². The van der Waals surface area contributed by atoms with Crippen LogP contribution in [-0.4, -0.2) is 43.1 Å². The third kappa shape index (κ3) is 3.51. The number of methoxy groups -OCH3 is 1. The summed E-state index contributed by atoms with van der Waals surface area (Å²) in [7, 11) is 1.25. The smallest absolute Gasteiger partial charge is 0.346 e. The van der Waals surface area contributed by atoms with Crippen molar-refractivity contribution in [2.75, 3.05) is 7.11 Å². The second-order valence-corrected chi connectivity index (χ2v) is 6.32. The van der Waals surface area contributed by atoms with E-state index in [4.69, 9.17) is 9.47 Å². The summed E-state index contributed by atoms with van der Waals surface area (Å²) in [4.78, 5) is 48.0. The minimum Gasteiger partial charge on any atom is -0.483 e. The minimum atomic E-state index is -0.857. The quantitative estimate of drug-likeness (QED) is 0.477. The predicted octanol–water partition coefficient (Wildman–Crippen LogP) is 2.37. The van der Waals surface area contributed by atoms with Crippen LogP contribution in [-0.2, 0) is 14.3 Å². The molecule has 7 heteroatoms.